The third kappa shape index (κ3) is 9.03. The Labute approximate surface area is 218 Å². The summed E-state index contributed by atoms with van der Waals surface area (Å²) in [5.74, 6) is 0.130. The number of aromatic hydroxyl groups is 1. The minimum Gasteiger partial charge on any atom is -0.508 e. The lowest BCUT2D eigenvalue weighted by Crippen LogP contribution is -2.44. The Hall–Kier alpha value is -2.19. The summed E-state index contributed by atoms with van der Waals surface area (Å²) in [7, 11) is -2.08. The smallest absolute Gasteiger partial charge is 0.224 e. The molecule has 0 fully saturated rings. The van der Waals surface area contributed by atoms with Gasteiger partial charge in [0.05, 0.1) is 19.1 Å². The van der Waals surface area contributed by atoms with Crippen LogP contribution < -0.4 is 10.6 Å². The molecule has 0 saturated carbocycles. The summed E-state index contributed by atoms with van der Waals surface area (Å²) in [6, 6.07) is 13.9. The van der Waals surface area contributed by atoms with E-state index >= 15 is 0 Å². The fraction of sp³-hybridized carbons (Fsp3) is 0.552. The lowest BCUT2D eigenvalue weighted by atomic mass is 10.0. The summed E-state index contributed by atoms with van der Waals surface area (Å²) in [5, 5.41) is 26.3. The van der Waals surface area contributed by atoms with Crippen LogP contribution in [0, 0.1) is 0 Å². The van der Waals surface area contributed by atoms with Crippen molar-refractivity contribution in [1.82, 2.24) is 10.6 Å². The quantitative estimate of drug-likeness (QED) is 0.291. The van der Waals surface area contributed by atoms with E-state index in [1.54, 1.807) is 6.07 Å². The van der Waals surface area contributed by atoms with Crippen LogP contribution in [0.1, 0.15) is 69.9 Å². The molecule has 6 nitrogen and oxygen atoms in total. The fourth-order valence-corrected chi connectivity index (χ4v) is 5.14. The monoisotopic (exact) mass is 514 g/mol. The molecule has 36 heavy (non-hydrogen) atoms. The van der Waals surface area contributed by atoms with Crippen LogP contribution >= 0.6 is 0 Å². The van der Waals surface area contributed by atoms with Gasteiger partial charge in [-0.3, -0.25) is 4.79 Å². The second kappa shape index (κ2) is 12.9. The third-order valence-corrected chi connectivity index (χ3v) is 11.4. The number of amides is 1. The van der Waals surface area contributed by atoms with Crippen LogP contribution in [-0.2, 0) is 28.7 Å². The van der Waals surface area contributed by atoms with Gasteiger partial charge in [0.1, 0.15) is 5.75 Å². The molecule has 0 radical (unpaired) electrons. The number of benzene rings is 2. The van der Waals surface area contributed by atoms with Crippen molar-refractivity contribution in [3.8, 4) is 5.75 Å². The molecule has 0 saturated heterocycles. The predicted octanol–water partition coefficient (Wildman–Crippen LogP) is 5.24. The summed E-state index contributed by atoms with van der Waals surface area (Å²) in [4.78, 5) is 12.2. The van der Waals surface area contributed by atoms with Crippen molar-refractivity contribution in [1.29, 1.82) is 0 Å². The van der Waals surface area contributed by atoms with Gasteiger partial charge in [-0.15, -0.1) is 0 Å². The number of aliphatic hydroxyl groups excluding tert-OH is 1. The van der Waals surface area contributed by atoms with Gasteiger partial charge in [0.2, 0.25) is 5.91 Å². The molecule has 4 N–H and O–H groups in total. The van der Waals surface area contributed by atoms with Crippen molar-refractivity contribution >= 4 is 14.2 Å². The third-order valence-electron chi connectivity index (χ3n) is 6.89. The van der Waals surface area contributed by atoms with Gasteiger partial charge >= 0.3 is 0 Å². The maximum absolute atomic E-state index is 12.2. The number of hydrogen-bond donors (Lipinski definition) is 4. The Bertz CT molecular complexity index is 1000. The first-order valence-electron chi connectivity index (χ1n) is 12.9. The van der Waals surface area contributed by atoms with Gasteiger partial charge in [0.25, 0.3) is 0 Å². The summed E-state index contributed by atoms with van der Waals surface area (Å²) in [6.07, 6.45) is 0.999. The van der Waals surface area contributed by atoms with Crippen LogP contribution in [0.2, 0.25) is 18.1 Å². The second-order valence-electron chi connectivity index (χ2n) is 11.6. The van der Waals surface area contributed by atoms with E-state index in [0.717, 1.165) is 17.5 Å². The van der Waals surface area contributed by atoms with E-state index < -0.39 is 8.32 Å². The molecule has 0 unspecified atom stereocenters. The average molecular weight is 515 g/mol. The van der Waals surface area contributed by atoms with E-state index in [9.17, 15) is 15.0 Å². The van der Waals surface area contributed by atoms with E-state index in [2.05, 4.69) is 63.6 Å². The van der Waals surface area contributed by atoms with Crippen LogP contribution in [0.5, 0.6) is 5.75 Å². The molecule has 0 aliphatic heterocycles. The Kier molecular flexibility index (Phi) is 10.7. The topological polar surface area (TPSA) is 90.8 Å². The predicted molar refractivity (Wildman–Crippen MR) is 150 cm³/mol. The van der Waals surface area contributed by atoms with Crippen LogP contribution in [0.15, 0.2) is 42.5 Å². The molecule has 0 aliphatic rings. The van der Waals surface area contributed by atoms with Crippen molar-refractivity contribution in [2.45, 2.75) is 97.3 Å². The fourth-order valence-electron chi connectivity index (χ4n) is 3.85. The number of carbonyl (C=O) groups excluding carboxylic acids is 1. The van der Waals surface area contributed by atoms with Crippen LogP contribution in [0.25, 0.3) is 0 Å². The molecule has 2 atom stereocenters. The number of rotatable bonds is 12. The standard InChI is InChI=1S/C29H46N2O4Si/c1-20(2)31-28(34)16-23-11-9-10-22(15-23)14-21(3)30-18-27(35-36(7,8)29(4,5)6)24-12-13-26(33)25(17-24)19-32/h9-13,15,17,20-21,27,30,32-33H,14,16,18-19H2,1-8H3,(H,31,34)/t21-,27-/m1/s1. The first-order chi connectivity index (χ1) is 16.7. The highest BCUT2D eigenvalue weighted by atomic mass is 28.4. The molecule has 0 bridgehead atoms. The maximum Gasteiger partial charge on any atom is 0.224 e. The highest BCUT2D eigenvalue weighted by Gasteiger charge is 2.39. The number of aliphatic hydroxyl groups is 1. The van der Waals surface area contributed by atoms with Crippen LogP contribution in [0.3, 0.4) is 0 Å². The first kappa shape index (κ1) is 30.0. The molecule has 1 amide bonds. The van der Waals surface area contributed by atoms with E-state index in [4.69, 9.17) is 4.43 Å². The molecule has 7 heteroatoms. The minimum atomic E-state index is -2.08. The van der Waals surface area contributed by atoms with Gasteiger partial charge in [-0.1, -0.05) is 51.1 Å². The number of phenols is 1. The van der Waals surface area contributed by atoms with E-state index in [-0.39, 0.29) is 41.5 Å². The first-order valence-corrected chi connectivity index (χ1v) is 15.8. The van der Waals surface area contributed by atoms with Crippen molar-refractivity contribution in [3.05, 3.63) is 64.7 Å². The zero-order valence-corrected chi connectivity index (χ0v) is 24.3. The molecular formula is C29H46N2O4Si. The Morgan fingerprint density at radius 2 is 1.72 bits per heavy atom. The second-order valence-corrected chi connectivity index (χ2v) is 16.4. The van der Waals surface area contributed by atoms with E-state index in [1.807, 2.05) is 38.1 Å². The highest BCUT2D eigenvalue weighted by molar-refractivity contribution is 6.74. The van der Waals surface area contributed by atoms with Gasteiger partial charge in [0.15, 0.2) is 8.32 Å². The van der Waals surface area contributed by atoms with Gasteiger partial charge in [-0.05, 0) is 74.1 Å². The summed E-state index contributed by atoms with van der Waals surface area (Å²) >= 11 is 0. The molecule has 0 spiro atoms. The van der Waals surface area contributed by atoms with Crippen LogP contribution in [-0.4, -0.2) is 43.1 Å². The SMILES string of the molecule is CC(C)NC(=O)Cc1cccc(C[C@@H](C)NC[C@@H](O[Si](C)(C)C(C)(C)C)c2ccc(O)c(CO)c2)c1. The van der Waals surface area contributed by atoms with E-state index in [0.29, 0.717) is 18.5 Å². The lowest BCUT2D eigenvalue weighted by molar-refractivity contribution is -0.120. The molecule has 0 aromatic heterocycles. The van der Waals surface area contributed by atoms with Gasteiger partial charge in [-0.25, -0.2) is 0 Å². The average Bonchev–Trinajstić information content (AvgIpc) is 2.75. The van der Waals surface area contributed by atoms with Crippen molar-refractivity contribution < 1.29 is 19.4 Å². The van der Waals surface area contributed by atoms with Gasteiger partial charge in [0, 0.05) is 24.2 Å². The summed E-state index contributed by atoms with van der Waals surface area (Å²) in [5.41, 5.74) is 3.64. The van der Waals surface area contributed by atoms with Crippen molar-refractivity contribution in [2.24, 2.45) is 0 Å². The Morgan fingerprint density at radius 1 is 1.06 bits per heavy atom. The molecular weight excluding hydrogens is 468 g/mol. The maximum atomic E-state index is 12.2. The lowest BCUT2D eigenvalue weighted by Gasteiger charge is -2.40. The zero-order valence-electron chi connectivity index (χ0n) is 23.3. The molecule has 2 aromatic carbocycles. The number of carbonyl (C=O) groups is 1. The Balaban J connectivity index is 2.12. The summed E-state index contributed by atoms with van der Waals surface area (Å²) in [6.45, 7) is 17.6. The number of hydrogen-bond acceptors (Lipinski definition) is 5. The van der Waals surface area contributed by atoms with Crippen molar-refractivity contribution in [3.63, 3.8) is 0 Å². The summed E-state index contributed by atoms with van der Waals surface area (Å²) < 4.78 is 6.79. The van der Waals surface area contributed by atoms with Crippen molar-refractivity contribution in [2.75, 3.05) is 6.54 Å². The van der Waals surface area contributed by atoms with Gasteiger partial charge < -0.3 is 25.3 Å². The molecule has 2 aromatic rings. The Morgan fingerprint density at radius 3 is 2.33 bits per heavy atom. The number of nitrogens with one attached hydrogen (secondary N) is 2. The minimum absolute atomic E-state index is 0.0371. The molecule has 2 rings (SSSR count). The van der Waals surface area contributed by atoms with E-state index in [1.165, 1.54) is 5.56 Å². The van der Waals surface area contributed by atoms with Crippen LogP contribution in [0.4, 0.5) is 0 Å². The molecule has 0 heterocycles. The largest absolute Gasteiger partial charge is 0.508 e. The highest BCUT2D eigenvalue weighted by Crippen LogP contribution is 2.40. The normalized spacial score (nSPS) is 14.1. The molecule has 200 valence electrons. The molecule has 0 aliphatic carbocycles. The zero-order chi connectivity index (χ0) is 27.1. The van der Waals surface area contributed by atoms with Gasteiger partial charge in [-0.2, -0.15) is 0 Å².